The van der Waals surface area contributed by atoms with Crippen molar-refractivity contribution >= 4 is 41.0 Å². The third kappa shape index (κ3) is 5.93. The standard InChI is InChI=1S/C26H36ClFN6O4/c1-26(2,3)20(32-18-9-4-5-11-29-18)24(37)33-14-16-7-6-8-17(16)19(33)23(36)34(25(38)21(27)28)31-13-15-10-12-30-22(15)35/h4-5,9,11,15-17,19-21,31H,6-8,10,12-14H2,1-3H3,(H,29,32)(H,30,35)/t15-,16-,17-,19-,20+,21-/m0/s1. The third-order valence-corrected chi connectivity index (χ3v) is 7.97. The second-order valence-electron chi connectivity index (χ2n) is 11.4. The van der Waals surface area contributed by atoms with Gasteiger partial charge in [-0.1, -0.05) is 44.9 Å². The van der Waals surface area contributed by atoms with E-state index in [0.717, 1.165) is 12.8 Å². The van der Waals surface area contributed by atoms with Crippen LogP contribution in [-0.2, 0) is 19.2 Å². The molecule has 12 heteroatoms. The molecule has 3 heterocycles. The number of carbonyl (C=O) groups is 4. The van der Waals surface area contributed by atoms with E-state index in [-0.39, 0.29) is 30.2 Å². The number of halogens is 2. The summed E-state index contributed by atoms with van der Waals surface area (Å²) in [5, 5.41) is 6.51. The van der Waals surface area contributed by atoms with Gasteiger partial charge in [0.05, 0.1) is 5.92 Å². The van der Waals surface area contributed by atoms with E-state index in [1.807, 2.05) is 26.8 Å². The fraction of sp³-hybridized carbons (Fsp3) is 0.654. The van der Waals surface area contributed by atoms with E-state index in [9.17, 15) is 23.6 Å². The lowest BCUT2D eigenvalue weighted by molar-refractivity contribution is -0.157. The molecule has 3 aliphatic rings. The number of nitrogens with zero attached hydrogens (tertiary/aromatic N) is 3. The van der Waals surface area contributed by atoms with Crippen LogP contribution in [0, 0.1) is 23.2 Å². The molecule has 1 saturated carbocycles. The molecular formula is C26H36ClFN6O4. The summed E-state index contributed by atoms with van der Waals surface area (Å²) in [4.78, 5) is 58.6. The largest absolute Gasteiger partial charge is 0.358 e. The lowest BCUT2D eigenvalue weighted by Gasteiger charge is -2.37. The Bertz CT molecular complexity index is 1050. The molecule has 0 unspecified atom stereocenters. The molecule has 10 nitrogen and oxygen atoms in total. The first-order valence-corrected chi connectivity index (χ1v) is 13.6. The number of likely N-dealkylation sites (tertiary alicyclic amines) is 1. The van der Waals surface area contributed by atoms with Crippen molar-refractivity contribution in [1.29, 1.82) is 0 Å². The van der Waals surface area contributed by atoms with Gasteiger partial charge in [0.25, 0.3) is 17.4 Å². The molecule has 3 N–H and O–H groups in total. The van der Waals surface area contributed by atoms with E-state index in [1.165, 1.54) is 4.90 Å². The van der Waals surface area contributed by atoms with Gasteiger partial charge in [-0.25, -0.2) is 19.8 Å². The molecular weight excluding hydrogens is 515 g/mol. The number of fused-ring (bicyclic) bond motifs is 1. The van der Waals surface area contributed by atoms with Crippen LogP contribution in [0.25, 0.3) is 0 Å². The second kappa shape index (κ2) is 11.5. The van der Waals surface area contributed by atoms with Gasteiger partial charge in [-0.05, 0) is 48.6 Å². The lowest BCUT2D eigenvalue weighted by atomic mass is 9.85. The minimum absolute atomic E-state index is 0.0342. The van der Waals surface area contributed by atoms with E-state index in [2.05, 4.69) is 21.0 Å². The van der Waals surface area contributed by atoms with Gasteiger partial charge in [-0.15, -0.1) is 0 Å². The first-order valence-electron chi connectivity index (χ1n) is 13.1. The van der Waals surface area contributed by atoms with Crippen molar-refractivity contribution in [3.8, 4) is 0 Å². The summed E-state index contributed by atoms with van der Waals surface area (Å²) >= 11 is 5.48. The fourth-order valence-corrected chi connectivity index (χ4v) is 5.89. The highest BCUT2D eigenvalue weighted by atomic mass is 35.5. The van der Waals surface area contributed by atoms with Crippen molar-refractivity contribution in [2.75, 3.05) is 25.0 Å². The minimum atomic E-state index is -2.46. The monoisotopic (exact) mass is 550 g/mol. The zero-order valence-electron chi connectivity index (χ0n) is 22.0. The van der Waals surface area contributed by atoms with E-state index in [0.29, 0.717) is 36.8 Å². The van der Waals surface area contributed by atoms with Crippen molar-refractivity contribution in [3.05, 3.63) is 24.4 Å². The van der Waals surface area contributed by atoms with Gasteiger partial charge in [0.15, 0.2) is 0 Å². The number of imide groups is 1. The molecule has 2 aliphatic heterocycles. The van der Waals surface area contributed by atoms with Crippen LogP contribution in [0.5, 0.6) is 0 Å². The van der Waals surface area contributed by atoms with Crippen LogP contribution in [-0.4, -0.2) is 75.9 Å². The molecule has 4 rings (SSSR count). The van der Waals surface area contributed by atoms with Crippen LogP contribution in [0.4, 0.5) is 10.2 Å². The van der Waals surface area contributed by atoms with Gasteiger partial charge in [-0.3, -0.25) is 19.2 Å². The molecule has 38 heavy (non-hydrogen) atoms. The summed E-state index contributed by atoms with van der Waals surface area (Å²) in [7, 11) is 0. The number of anilines is 1. The van der Waals surface area contributed by atoms with Gasteiger partial charge in [0.2, 0.25) is 11.8 Å². The molecule has 1 aliphatic carbocycles. The first-order chi connectivity index (χ1) is 18.0. The van der Waals surface area contributed by atoms with Crippen molar-refractivity contribution in [2.24, 2.45) is 23.2 Å². The Kier molecular flexibility index (Phi) is 8.56. The maximum atomic E-state index is 14.1. The zero-order valence-corrected chi connectivity index (χ0v) is 22.7. The molecule has 6 atom stereocenters. The quantitative estimate of drug-likeness (QED) is 0.334. The topological polar surface area (TPSA) is 124 Å². The predicted octanol–water partition coefficient (Wildman–Crippen LogP) is 2.07. The van der Waals surface area contributed by atoms with Gasteiger partial charge in [-0.2, -0.15) is 0 Å². The SMILES string of the molecule is CC(C)(C)[C@H](Nc1ccccn1)C(=O)N1C[C@@H]2CCC[C@@H]2[C@H]1C(=O)N(NC[C@@H]1CCNC1=O)C(=O)[C@H](F)Cl. The number of hydrazine groups is 1. The summed E-state index contributed by atoms with van der Waals surface area (Å²) in [6, 6.07) is 3.67. The summed E-state index contributed by atoms with van der Waals surface area (Å²) < 4.78 is 14.0. The van der Waals surface area contributed by atoms with Crippen LogP contribution in [0.2, 0.25) is 0 Å². The Hall–Kier alpha value is -2.79. The van der Waals surface area contributed by atoms with Gasteiger partial charge < -0.3 is 15.5 Å². The first kappa shape index (κ1) is 28.2. The van der Waals surface area contributed by atoms with Gasteiger partial charge in [0, 0.05) is 25.8 Å². The molecule has 3 fully saturated rings. The van der Waals surface area contributed by atoms with Gasteiger partial charge >= 0.3 is 0 Å². The lowest BCUT2D eigenvalue weighted by Crippen LogP contribution is -2.60. The highest BCUT2D eigenvalue weighted by Crippen LogP contribution is 2.44. The zero-order chi connectivity index (χ0) is 27.6. The third-order valence-electron chi connectivity index (χ3n) is 7.78. The summed E-state index contributed by atoms with van der Waals surface area (Å²) in [6.07, 6.45) is 4.62. The predicted molar refractivity (Wildman–Crippen MR) is 139 cm³/mol. The van der Waals surface area contributed by atoms with E-state index < -0.39 is 40.9 Å². The van der Waals surface area contributed by atoms with Crippen molar-refractivity contribution < 1.29 is 23.6 Å². The minimum Gasteiger partial charge on any atom is -0.358 e. The second-order valence-corrected chi connectivity index (χ2v) is 11.8. The molecule has 1 aromatic rings. The number of hydrogen-bond acceptors (Lipinski definition) is 7. The number of amides is 4. The van der Waals surface area contributed by atoms with Crippen LogP contribution in [0.15, 0.2) is 24.4 Å². The average molecular weight is 551 g/mol. The van der Waals surface area contributed by atoms with Crippen molar-refractivity contribution in [3.63, 3.8) is 0 Å². The molecule has 0 aromatic carbocycles. The van der Waals surface area contributed by atoms with Crippen LogP contribution >= 0.6 is 11.6 Å². The van der Waals surface area contributed by atoms with E-state index in [1.54, 1.807) is 18.3 Å². The maximum Gasteiger partial charge on any atom is 0.293 e. The Morgan fingerprint density at radius 2 is 2.03 bits per heavy atom. The number of aromatic nitrogens is 1. The van der Waals surface area contributed by atoms with Crippen LogP contribution < -0.4 is 16.1 Å². The summed E-state index contributed by atoms with van der Waals surface area (Å²) in [5.41, 5.74) is -0.321. The molecule has 1 aromatic heterocycles. The van der Waals surface area contributed by atoms with Crippen LogP contribution in [0.3, 0.4) is 0 Å². The normalized spacial score (nSPS) is 26.4. The van der Waals surface area contributed by atoms with Crippen LogP contribution in [0.1, 0.15) is 46.5 Å². The Labute approximate surface area is 227 Å². The number of pyridine rings is 1. The highest BCUT2D eigenvalue weighted by Gasteiger charge is 2.53. The Balaban J connectivity index is 1.61. The molecule has 4 amide bonds. The smallest absolute Gasteiger partial charge is 0.293 e. The molecule has 2 saturated heterocycles. The molecule has 0 radical (unpaired) electrons. The number of alkyl halides is 2. The molecule has 0 spiro atoms. The summed E-state index contributed by atoms with van der Waals surface area (Å²) in [5.74, 6) is -2.50. The average Bonchev–Trinajstić information content (AvgIpc) is 3.58. The maximum absolute atomic E-state index is 14.1. The van der Waals surface area contributed by atoms with Gasteiger partial charge in [0.1, 0.15) is 17.9 Å². The van der Waals surface area contributed by atoms with Crippen molar-refractivity contribution in [1.82, 2.24) is 25.6 Å². The number of nitrogens with one attached hydrogen (secondary N) is 3. The Morgan fingerprint density at radius 3 is 2.63 bits per heavy atom. The molecule has 0 bridgehead atoms. The van der Waals surface area contributed by atoms with E-state index in [4.69, 9.17) is 11.6 Å². The fourth-order valence-electron chi connectivity index (χ4n) is 5.79. The van der Waals surface area contributed by atoms with E-state index >= 15 is 0 Å². The van der Waals surface area contributed by atoms with Crippen molar-refractivity contribution in [2.45, 2.75) is 64.2 Å². The molecule has 208 valence electrons. The highest BCUT2D eigenvalue weighted by molar-refractivity contribution is 6.30. The number of rotatable bonds is 8. The Morgan fingerprint density at radius 1 is 1.26 bits per heavy atom. The summed E-state index contributed by atoms with van der Waals surface area (Å²) in [6.45, 7) is 6.58. The number of hydrogen-bond donors (Lipinski definition) is 3. The number of carbonyl (C=O) groups excluding carboxylic acids is 4.